The number of sulfonamides is 1. The van der Waals surface area contributed by atoms with Crippen molar-refractivity contribution in [2.75, 3.05) is 17.8 Å². The van der Waals surface area contributed by atoms with Crippen molar-refractivity contribution in [1.29, 1.82) is 0 Å². The number of nitrogens with one attached hydrogen (secondary N) is 2. The summed E-state index contributed by atoms with van der Waals surface area (Å²) in [6, 6.07) is 21.2. The molecule has 0 unspecified atom stereocenters. The molecule has 2 amide bonds. The van der Waals surface area contributed by atoms with Crippen LogP contribution in [-0.2, 0) is 10.0 Å². The molecule has 0 saturated carbocycles. The molecule has 1 aliphatic heterocycles. The van der Waals surface area contributed by atoms with Crippen LogP contribution in [0.4, 0.5) is 5.69 Å². The van der Waals surface area contributed by atoms with Crippen molar-refractivity contribution in [1.82, 2.24) is 10.2 Å². The molecule has 0 radical (unpaired) electrons. The Bertz CT molecular complexity index is 1260. The minimum atomic E-state index is -3.79. The molecule has 9 heteroatoms. The third kappa shape index (κ3) is 5.76. The highest BCUT2D eigenvalue weighted by Gasteiger charge is 2.25. The van der Waals surface area contributed by atoms with Crippen LogP contribution in [0.1, 0.15) is 33.6 Å². The average molecular weight is 498 g/mol. The van der Waals surface area contributed by atoms with E-state index in [4.69, 9.17) is 11.6 Å². The molecule has 0 bridgehead atoms. The first kappa shape index (κ1) is 23.8. The molecule has 2 N–H and O–H groups in total. The Morgan fingerprint density at radius 2 is 1.44 bits per heavy atom. The number of anilines is 1. The molecule has 1 aliphatic rings. The molecule has 4 rings (SSSR count). The van der Waals surface area contributed by atoms with E-state index < -0.39 is 10.0 Å². The Balaban J connectivity index is 1.33. The van der Waals surface area contributed by atoms with Crippen LogP contribution in [0, 0.1) is 0 Å². The highest BCUT2D eigenvalue weighted by atomic mass is 35.5. The van der Waals surface area contributed by atoms with Crippen LogP contribution in [0.2, 0.25) is 5.02 Å². The normalized spacial score (nSPS) is 14.4. The van der Waals surface area contributed by atoms with Gasteiger partial charge in [-0.15, -0.1) is 0 Å². The highest BCUT2D eigenvalue weighted by Crippen LogP contribution is 2.20. The number of amides is 2. The number of rotatable bonds is 6. The molecule has 176 valence electrons. The number of piperidine rings is 1. The quantitative estimate of drug-likeness (QED) is 0.534. The Morgan fingerprint density at radius 3 is 2.06 bits per heavy atom. The molecular formula is C25H24ClN3O4S. The van der Waals surface area contributed by atoms with Gasteiger partial charge in [0.1, 0.15) is 0 Å². The van der Waals surface area contributed by atoms with Gasteiger partial charge in [0.2, 0.25) is 0 Å². The lowest BCUT2D eigenvalue weighted by Crippen LogP contribution is -2.46. The van der Waals surface area contributed by atoms with Crippen LogP contribution in [-0.4, -0.2) is 44.3 Å². The number of carbonyl (C=O) groups excluding carboxylic acids is 2. The molecule has 34 heavy (non-hydrogen) atoms. The van der Waals surface area contributed by atoms with Crippen molar-refractivity contribution in [3.05, 3.63) is 95.0 Å². The molecule has 0 atom stereocenters. The SMILES string of the molecule is O=C(NC1CCN(C(=O)c2ccc(S(=O)(=O)Nc3ccc(Cl)cc3)cc2)CC1)c1ccccc1. The predicted octanol–water partition coefficient (Wildman–Crippen LogP) is 4.18. The van der Waals surface area contributed by atoms with Gasteiger partial charge in [0, 0.05) is 41.0 Å². The van der Waals surface area contributed by atoms with Gasteiger partial charge in [-0.05, 0) is 73.5 Å². The van der Waals surface area contributed by atoms with Crippen LogP contribution in [0.5, 0.6) is 0 Å². The summed E-state index contributed by atoms with van der Waals surface area (Å²) >= 11 is 5.83. The van der Waals surface area contributed by atoms with E-state index in [1.807, 2.05) is 18.2 Å². The topological polar surface area (TPSA) is 95.6 Å². The van der Waals surface area contributed by atoms with Gasteiger partial charge in [-0.2, -0.15) is 0 Å². The first-order valence-electron chi connectivity index (χ1n) is 10.9. The Morgan fingerprint density at radius 1 is 0.824 bits per heavy atom. The molecule has 1 saturated heterocycles. The van der Waals surface area contributed by atoms with Crippen molar-refractivity contribution < 1.29 is 18.0 Å². The van der Waals surface area contributed by atoms with Gasteiger partial charge >= 0.3 is 0 Å². The molecule has 0 aromatic heterocycles. The van der Waals surface area contributed by atoms with Gasteiger partial charge in [0.05, 0.1) is 4.90 Å². The van der Waals surface area contributed by atoms with Crippen LogP contribution in [0.3, 0.4) is 0 Å². The standard InChI is InChI=1S/C25H24ClN3O4S/c26-20-8-10-22(11-9-20)28-34(32,33)23-12-6-19(7-13-23)25(31)29-16-14-21(15-17-29)27-24(30)18-4-2-1-3-5-18/h1-13,21,28H,14-17H2,(H,27,30). The maximum atomic E-state index is 12.9. The number of hydrogen-bond donors (Lipinski definition) is 2. The first-order chi connectivity index (χ1) is 16.3. The van der Waals surface area contributed by atoms with E-state index in [0.717, 1.165) is 0 Å². The van der Waals surface area contributed by atoms with E-state index in [1.54, 1.807) is 41.3 Å². The Labute approximate surface area is 203 Å². The summed E-state index contributed by atoms with van der Waals surface area (Å²) in [4.78, 5) is 27.0. The lowest BCUT2D eigenvalue weighted by molar-refractivity contribution is 0.0698. The minimum Gasteiger partial charge on any atom is -0.349 e. The van der Waals surface area contributed by atoms with Crippen LogP contribution in [0.15, 0.2) is 83.8 Å². The fourth-order valence-electron chi connectivity index (χ4n) is 3.78. The second kappa shape index (κ2) is 10.3. The summed E-state index contributed by atoms with van der Waals surface area (Å²) in [6.07, 6.45) is 1.31. The second-order valence-electron chi connectivity index (χ2n) is 8.04. The summed E-state index contributed by atoms with van der Waals surface area (Å²) in [6.45, 7) is 1.02. The van der Waals surface area contributed by atoms with Crippen molar-refractivity contribution in [2.24, 2.45) is 0 Å². The van der Waals surface area contributed by atoms with Gasteiger partial charge in [0.25, 0.3) is 21.8 Å². The smallest absolute Gasteiger partial charge is 0.261 e. The number of likely N-dealkylation sites (tertiary alicyclic amines) is 1. The van der Waals surface area contributed by atoms with E-state index in [1.165, 1.54) is 24.3 Å². The molecule has 0 aliphatic carbocycles. The third-order valence-corrected chi connectivity index (χ3v) is 7.31. The number of nitrogens with zero attached hydrogens (tertiary/aromatic N) is 1. The maximum Gasteiger partial charge on any atom is 0.261 e. The Kier molecular flexibility index (Phi) is 7.19. The fraction of sp³-hybridized carbons (Fsp3) is 0.200. The molecule has 3 aromatic carbocycles. The monoisotopic (exact) mass is 497 g/mol. The van der Waals surface area contributed by atoms with E-state index >= 15 is 0 Å². The molecule has 1 heterocycles. The van der Waals surface area contributed by atoms with Crippen molar-refractivity contribution >= 4 is 39.1 Å². The third-order valence-electron chi connectivity index (χ3n) is 5.66. The lowest BCUT2D eigenvalue weighted by atomic mass is 10.0. The Hall–Kier alpha value is -3.36. The zero-order valence-electron chi connectivity index (χ0n) is 18.3. The van der Waals surface area contributed by atoms with Crippen molar-refractivity contribution in [3.8, 4) is 0 Å². The molecule has 3 aromatic rings. The number of carbonyl (C=O) groups is 2. The summed E-state index contributed by atoms with van der Waals surface area (Å²) in [5, 5.41) is 3.53. The van der Waals surface area contributed by atoms with Crippen LogP contribution < -0.4 is 10.0 Å². The number of halogens is 1. The average Bonchev–Trinajstić information content (AvgIpc) is 2.86. The number of hydrogen-bond acceptors (Lipinski definition) is 4. The molecule has 7 nitrogen and oxygen atoms in total. The largest absolute Gasteiger partial charge is 0.349 e. The zero-order valence-corrected chi connectivity index (χ0v) is 19.9. The molecular weight excluding hydrogens is 474 g/mol. The molecule has 0 spiro atoms. The first-order valence-corrected chi connectivity index (χ1v) is 12.7. The van der Waals surface area contributed by atoms with Gasteiger partial charge in [0.15, 0.2) is 0 Å². The molecule has 1 fully saturated rings. The van der Waals surface area contributed by atoms with Crippen molar-refractivity contribution in [2.45, 2.75) is 23.8 Å². The van der Waals surface area contributed by atoms with Crippen LogP contribution in [0.25, 0.3) is 0 Å². The minimum absolute atomic E-state index is 0.00298. The van der Waals surface area contributed by atoms with Crippen molar-refractivity contribution in [3.63, 3.8) is 0 Å². The van der Waals surface area contributed by atoms with Gasteiger partial charge in [-0.1, -0.05) is 29.8 Å². The predicted molar refractivity (Wildman–Crippen MR) is 132 cm³/mol. The number of benzene rings is 3. The second-order valence-corrected chi connectivity index (χ2v) is 10.2. The lowest BCUT2D eigenvalue weighted by Gasteiger charge is -2.32. The fourth-order valence-corrected chi connectivity index (χ4v) is 4.96. The van der Waals surface area contributed by atoms with E-state index in [9.17, 15) is 18.0 Å². The van der Waals surface area contributed by atoms with E-state index in [0.29, 0.717) is 47.8 Å². The van der Waals surface area contributed by atoms with Gasteiger partial charge < -0.3 is 10.2 Å². The van der Waals surface area contributed by atoms with Crippen LogP contribution >= 0.6 is 11.6 Å². The van der Waals surface area contributed by atoms with E-state index in [2.05, 4.69) is 10.0 Å². The maximum absolute atomic E-state index is 12.9. The summed E-state index contributed by atoms with van der Waals surface area (Å²) < 4.78 is 27.7. The highest BCUT2D eigenvalue weighted by molar-refractivity contribution is 7.92. The zero-order chi connectivity index (χ0) is 24.1. The van der Waals surface area contributed by atoms with E-state index in [-0.39, 0.29) is 22.8 Å². The van der Waals surface area contributed by atoms with Gasteiger partial charge in [-0.25, -0.2) is 8.42 Å². The summed E-state index contributed by atoms with van der Waals surface area (Å²) in [7, 11) is -3.79. The summed E-state index contributed by atoms with van der Waals surface area (Å²) in [5.74, 6) is -0.281. The van der Waals surface area contributed by atoms with Gasteiger partial charge in [-0.3, -0.25) is 14.3 Å². The summed E-state index contributed by atoms with van der Waals surface area (Å²) in [5.41, 5.74) is 1.42.